The largest absolute Gasteiger partial charge is 0.309 e. The molecule has 15 heavy (non-hydrogen) atoms. The van der Waals surface area contributed by atoms with Gasteiger partial charge in [-0.05, 0) is 30.7 Å². The molecular formula is C13H19NS. The van der Waals surface area contributed by atoms with Crippen molar-refractivity contribution >= 4 is 11.8 Å². The Morgan fingerprint density at radius 2 is 2.20 bits per heavy atom. The number of thioether (sulfide) groups is 1. The van der Waals surface area contributed by atoms with Gasteiger partial charge in [0.2, 0.25) is 0 Å². The highest BCUT2D eigenvalue weighted by atomic mass is 32.2. The zero-order valence-corrected chi connectivity index (χ0v) is 10.1. The summed E-state index contributed by atoms with van der Waals surface area (Å²) in [5.74, 6) is 1.33. The van der Waals surface area contributed by atoms with Crippen LogP contribution < -0.4 is 5.32 Å². The molecule has 1 fully saturated rings. The molecule has 1 aliphatic rings. The number of hydrogen-bond donors (Lipinski definition) is 1. The molecule has 1 nitrogen and oxygen atoms in total. The van der Waals surface area contributed by atoms with Gasteiger partial charge in [-0.3, -0.25) is 0 Å². The highest BCUT2D eigenvalue weighted by Gasteiger charge is 2.25. The van der Waals surface area contributed by atoms with E-state index in [-0.39, 0.29) is 0 Å². The van der Waals surface area contributed by atoms with Crippen molar-refractivity contribution in [1.82, 2.24) is 5.32 Å². The van der Waals surface area contributed by atoms with Crippen LogP contribution in [-0.4, -0.2) is 17.5 Å². The Morgan fingerprint density at radius 3 is 2.80 bits per heavy atom. The molecule has 2 rings (SSSR count). The molecule has 2 unspecified atom stereocenters. The van der Waals surface area contributed by atoms with Crippen LogP contribution in [0.4, 0.5) is 0 Å². The molecule has 2 heteroatoms. The molecule has 0 radical (unpaired) electrons. The van der Waals surface area contributed by atoms with E-state index in [2.05, 4.69) is 54.3 Å². The predicted molar refractivity (Wildman–Crippen MR) is 68.3 cm³/mol. The van der Waals surface area contributed by atoms with Crippen LogP contribution >= 0.6 is 11.8 Å². The number of hydrogen-bond acceptors (Lipinski definition) is 2. The molecule has 0 amide bonds. The maximum atomic E-state index is 3.62. The first-order valence-corrected chi connectivity index (χ1v) is 6.86. The Balaban J connectivity index is 2.11. The first-order valence-electron chi connectivity index (χ1n) is 5.81. The van der Waals surface area contributed by atoms with Crippen LogP contribution in [0.2, 0.25) is 0 Å². The summed E-state index contributed by atoms with van der Waals surface area (Å²) in [6.45, 7) is 3.24. The summed E-state index contributed by atoms with van der Waals surface area (Å²) >= 11 is 2.12. The lowest BCUT2D eigenvalue weighted by atomic mass is 10.0. The van der Waals surface area contributed by atoms with E-state index in [0.717, 1.165) is 11.8 Å². The Morgan fingerprint density at radius 1 is 1.40 bits per heavy atom. The number of benzene rings is 1. The summed E-state index contributed by atoms with van der Waals surface area (Å²) < 4.78 is 0. The molecule has 0 aliphatic carbocycles. The zero-order valence-electron chi connectivity index (χ0n) is 9.28. The average molecular weight is 221 g/mol. The zero-order chi connectivity index (χ0) is 10.5. The third-order valence-electron chi connectivity index (χ3n) is 2.92. The summed E-state index contributed by atoms with van der Waals surface area (Å²) in [7, 11) is 0. The van der Waals surface area contributed by atoms with Crippen LogP contribution in [0.15, 0.2) is 30.3 Å². The Labute approximate surface area is 96.7 Å². The van der Waals surface area contributed by atoms with E-state index in [1.165, 1.54) is 24.2 Å². The summed E-state index contributed by atoms with van der Waals surface area (Å²) in [6.07, 6.45) is 2.74. The molecule has 1 heterocycles. The molecular weight excluding hydrogens is 202 g/mol. The first kappa shape index (κ1) is 11.0. The fourth-order valence-electron chi connectivity index (χ4n) is 2.21. The Hall–Kier alpha value is -0.470. The normalized spacial score (nSPS) is 22.9. The predicted octanol–water partition coefficient (Wildman–Crippen LogP) is 3.23. The maximum absolute atomic E-state index is 3.62. The van der Waals surface area contributed by atoms with Crippen LogP contribution in [0.5, 0.6) is 0 Å². The van der Waals surface area contributed by atoms with Crippen molar-refractivity contribution in [2.45, 2.75) is 31.1 Å². The van der Waals surface area contributed by atoms with Gasteiger partial charge in [0.25, 0.3) is 0 Å². The molecule has 0 saturated carbocycles. The number of rotatable bonds is 4. The van der Waals surface area contributed by atoms with E-state index in [1.54, 1.807) is 0 Å². The SMILES string of the molecule is CCNC(c1ccccc1)C1CCCS1. The fourth-order valence-corrected chi connectivity index (χ4v) is 3.62. The van der Waals surface area contributed by atoms with Crippen LogP contribution in [-0.2, 0) is 0 Å². The third-order valence-corrected chi connectivity index (χ3v) is 4.38. The first-order chi connectivity index (χ1) is 7.42. The van der Waals surface area contributed by atoms with Crippen LogP contribution in [0, 0.1) is 0 Å². The van der Waals surface area contributed by atoms with Gasteiger partial charge in [-0.25, -0.2) is 0 Å². The summed E-state index contributed by atoms with van der Waals surface area (Å²) in [5.41, 5.74) is 1.44. The quantitative estimate of drug-likeness (QED) is 0.837. The van der Waals surface area contributed by atoms with Gasteiger partial charge in [-0.1, -0.05) is 37.3 Å². The molecule has 0 aromatic heterocycles. The minimum absolute atomic E-state index is 0.545. The monoisotopic (exact) mass is 221 g/mol. The van der Waals surface area contributed by atoms with Crippen molar-refractivity contribution in [2.75, 3.05) is 12.3 Å². The van der Waals surface area contributed by atoms with Gasteiger partial charge in [-0.15, -0.1) is 0 Å². The van der Waals surface area contributed by atoms with Crippen molar-refractivity contribution in [3.8, 4) is 0 Å². The van der Waals surface area contributed by atoms with Gasteiger partial charge in [0.05, 0.1) is 0 Å². The summed E-state index contributed by atoms with van der Waals surface area (Å²) in [4.78, 5) is 0. The van der Waals surface area contributed by atoms with Gasteiger partial charge in [0, 0.05) is 11.3 Å². The molecule has 1 N–H and O–H groups in total. The number of nitrogens with one attached hydrogen (secondary N) is 1. The Kier molecular flexibility index (Phi) is 4.09. The lowest BCUT2D eigenvalue weighted by Crippen LogP contribution is -2.28. The average Bonchev–Trinajstić information content (AvgIpc) is 2.80. The van der Waals surface area contributed by atoms with Crippen LogP contribution in [0.3, 0.4) is 0 Å². The summed E-state index contributed by atoms with van der Waals surface area (Å²) in [5, 5.41) is 4.39. The Bertz CT molecular complexity index is 280. The standard InChI is InChI=1S/C13H19NS/c1-2-14-13(12-9-6-10-15-12)11-7-4-3-5-8-11/h3-5,7-8,12-14H,2,6,9-10H2,1H3. The third kappa shape index (κ3) is 2.76. The minimum atomic E-state index is 0.545. The van der Waals surface area contributed by atoms with E-state index >= 15 is 0 Å². The summed E-state index contributed by atoms with van der Waals surface area (Å²) in [6, 6.07) is 11.4. The maximum Gasteiger partial charge on any atom is 0.0440 e. The smallest absolute Gasteiger partial charge is 0.0440 e. The van der Waals surface area contributed by atoms with Crippen molar-refractivity contribution in [3.63, 3.8) is 0 Å². The molecule has 1 aromatic carbocycles. The molecule has 0 spiro atoms. The second kappa shape index (κ2) is 5.57. The van der Waals surface area contributed by atoms with Gasteiger partial charge in [0.1, 0.15) is 0 Å². The molecule has 0 bridgehead atoms. The van der Waals surface area contributed by atoms with Gasteiger partial charge in [-0.2, -0.15) is 11.8 Å². The highest BCUT2D eigenvalue weighted by molar-refractivity contribution is 8.00. The topological polar surface area (TPSA) is 12.0 Å². The fraction of sp³-hybridized carbons (Fsp3) is 0.538. The minimum Gasteiger partial charge on any atom is -0.309 e. The van der Waals surface area contributed by atoms with E-state index in [0.29, 0.717) is 6.04 Å². The molecule has 1 aliphatic heterocycles. The second-order valence-electron chi connectivity index (χ2n) is 4.00. The second-order valence-corrected chi connectivity index (χ2v) is 5.34. The van der Waals surface area contributed by atoms with E-state index in [1.807, 2.05) is 0 Å². The van der Waals surface area contributed by atoms with E-state index < -0.39 is 0 Å². The molecule has 82 valence electrons. The molecule has 1 aromatic rings. The van der Waals surface area contributed by atoms with Gasteiger partial charge < -0.3 is 5.32 Å². The van der Waals surface area contributed by atoms with Crippen LogP contribution in [0.25, 0.3) is 0 Å². The molecule has 1 saturated heterocycles. The van der Waals surface area contributed by atoms with E-state index in [4.69, 9.17) is 0 Å². The van der Waals surface area contributed by atoms with Crippen LogP contribution in [0.1, 0.15) is 31.4 Å². The highest BCUT2D eigenvalue weighted by Crippen LogP contribution is 2.35. The van der Waals surface area contributed by atoms with Gasteiger partial charge in [0.15, 0.2) is 0 Å². The molecule has 2 atom stereocenters. The van der Waals surface area contributed by atoms with Crippen molar-refractivity contribution < 1.29 is 0 Å². The van der Waals surface area contributed by atoms with Crippen molar-refractivity contribution in [2.24, 2.45) is 0 Å². The van der Waals surface area contributed by atoms with Crippen molar-refractivity contribution in [1.29, 1.82) is 0 Å². The lowest BCUT2D eigenvalue weighted by molar-refractivity contribution is 0.519. The van der Waals surface area contributed by atoms with E-state index in [9.17, 15) is 0 Å². The van der Waals surface area contributed by atoms with Crippen molar-refractivity contribution in [3.05, 3.63) is 35.9 Å². The lowest BCUT2D eigenvalue weighted by Gasteiger charge is -2.24. The van der Waals surface area contributed by atoms with Gasteiger partial charge >= 0.3 is 0 Å².